The molecule has 0 aromatic carbocycles. The first-order valence-corrected chi connectivity index (χ1v) is 6.47. The van der Waals surface area contributed by atoms with Crippen LogP contribution in [0.5, 0.6) is 0 Å². The van der Waals surface area contributed by atoms with Crippen LogP contribution in [-0.4, -0.2) is 69.7 Å². The zero-order valence-corrected chi connectivity index (χ0v) is 12.1. The van der Waals surface area contributed by atoms with Crippen molar-refractivity contribution in [1.82, 2.24) is 9.80 Å². The second-order valence-corrected chi connectivity index (χ2v) is 4.81. The Labute approximate surface area is 106 Å². The van der Waals surface area contributed by atoms with Crippen LogP contribution in [0.2, 0.25) is 0 Å². The van der Waals surface area contributed by atoms with Crippen molar-refractivity contribution in [1.29, 1.82) is 0 Å². The fraction of sp³-hybridized carbons (Fsp3) is 0.923. The highest BCUT2D eigenvalue weighted by Gasteiger charge is 2.10. The fourth-order valence-corrected chi connectivity index (χ4v) is 1.69. The highest BCUT2D eigenvalue weighted by molar-refractivity contribution is 5.40. The van der Waals surface area contributed by atoms with Gasteiger partial charge in [-0.3, -0.25) is 0 Å². The van der Waals surface area contributed by atoms with Gasteiger partial charge in [0, 0.05) is 12.6 Å². The Morgan fingerprint density at radius 2 is 1.76 bits per heavy atom. The molecule has 0 aliphatic heterocycles. The Bertz CT molecular complexity index is 230. The van der Waals surface area contributed by atoms with Gasteiger partial charge in [-0.05, 0) is 60.9 Å². The van der Waals surface area contributed by atoms with Gasteiger partial charge < -0.3 is 9.80 Å². The normalized spacial score (nSPS) is 12.6. The molecule has 100 valence electrons. The number of rotatable bonds is 9. The summed E-state index contributed by atoms with van der Waals surface area (Å²) in [5, 5.41) is 0. The maximum atomic E-state index is 4.17. The van der Waals surface area contributed by atoms with E-state index in [0.717, 1.165) is 26.1 Å². The van der Waals surface area contributed by atoms with E-state index in [2.05, 4.69) is 54.0 Å². The van der Waals surface area contributed by atoms with Gasteiger partial charge >= 0.3 is 0 Å². The summed E-state index contributed by atoms with van der Waals surface area (Å²) < 4.78 is 0. The molecule has 0 radical (unpaired) electrons. The summed E-state index contributed by atoms with van der Waals surface area (Å²) in [6, 6.07) is 3.34. The summed E-state index contributed by atoms with van der Waals surface area (Å²) in [7, 11) is 8.53. The molecule has 0 saturated heterocycles. The van der Waals surface area contributed by atoms with Crippen LogP contribution in [0, 0.1) is 0 Å². The smallest absolute Gasteiger partial charge is 0.0892 e. The van der Waals surface area contributed by atoms with Gasteiger partial charge in [0.15, 0.2) is 0 Å². The van der Waals surface area contributed by atoms with Gasteiger partial charge in [0.1, 0.15) is 0 Å². The van der Waals surface area contributed by atoms with E-state index < -0.39 is 0 Å². The Hall–Kier alpha value is -0.700. The molecule has 0 spiro atoms. The van der Waals surface area contributed by atoms with Gasteiger partial charge in [0.25, 0.3) is 0 Å². The second kappa shape index (κ2) is 10.5. The molecule has 17 heavy (non-hydrogen) atoms. The van der Waals surface area contributed by atoms with Crippen LogP contribution in [0.4, 0.5) is 0 Å². The highest BCUT2D eigenvalue weighted by Crippen LogP contribution is 2.08. The maximum absolute atomic E-state index is 4.17. The molecule has 0 aliphatic carbocycles. The molecule has 4 heteroatoms. The number of hydrogen-bond donors (Lipinski definition) is 0. The van der Waals surface area contributed by atoms with Crippen molar-refractivity contribution in [3.05, 3.63) is 0 Å². The molecule has 0 amide bonds. The molecule has 0 aromatic rings. The fourth-order valence-electron chi connectivity index (χ4n) is 1.69. The lowest BCUT2D eigenvalue weighted by Crippen LogP contribution is -2.29. The first-order valence-electron chi connectivity index (χ1n) is 6.47. The third kappa shape index (κ3) is 10.2. The molecule has 0 heterocycles. The molecule has 1 atom stereocenters. The third-order valence-electron chi connectivity index (χ3n) is 2.75. The summed E-state index contributed by atoms with van der Waals surface area (Å²) in [6.45, 7) is 4.75. The maximum Gasteiger partial charge on any atom is 0.0892 e. The molecule has 0 bridgehead atoms. The van der Waals surface area contributed by atoms with Crippen LogP contribution in [0.1, 0.15) is 26.2 Å². The molecule has 0 N–H and O–H groups in total. The van der Waals surface area contributed by atoms with Gasteiger partial charge in [-0.1, -0.05) is 0 Å². The summed E-state index contributed by atoms with van der Waals surface area (Å²) in [5.74, 6) is 0. The summed E-state index contributed by atoms with van der Waals surface area (Å²) in [6.07, 6.45) is 3.56. The molecule has 0 rings (SSSR count). The van der Waals surface area contributed by atoms with Crippen molar-refractivity contribution in [2.75, 3.05) is 47.8 Å². The van der Waals surface area contributed by atoms with Crippen molar-refractivity contribution in [2.45, 2.75) is 32.2 Å². The van der Waals surface area contributed by atoms with Crippen molar-refractivity contribution >= 4 is 6.01 Å². The number of hydrogen-bond acceptors (Lipinski definition) is 4. The van der Waals surface area contributed by atoms with Crippen LogP contribution in [0.3, 0.4) is 0 Å². The van der Waals surface area contributed by atoms with Gasteiger partial charge in [-0.2, -0.15) is 0 Å². The van der Waals surface area contributed by atoms with Crippen molar-refractivity contribution in [3.8, 4) is 0 Å². The van der Waals surface area contributed by atoms with Crippen LogP contribution in [-0.2, 0) is 0 Å². The van der Waals surface area contributed by atoms with E-state index in [-0.39, 0.29) is 0 Å². The number of aliphatic imine (C=N–C) groups is 2. The van der Waals surface area contributed by atoms with Gasteiger partial charge in [-0.25, -0.2) is 9.98 Å². The second-order valence-electron chi connectivity index (χ2n) is 4.81. The summed E-state index contributed by atoms with van der Waals surface area (Å²) in [4.78, 5) is 12.7. The van der Waals surface area contributed by atoms with Crippen molar-refractivity contribution < 1.29 is 0 Å². The standard InChI is InChI=1S/C13H28N4/c1-6-14-12-15-10-9-13(17(4)5)8-7-11-16(2)3/h13H,6-11H2,1-5H3. The average Bonchev–Trinajstić information content (AvgIpc) is 2.25. The van der Waals surface area contributed by atoms with Crippen LogP contribution >= 0.6 is 0 Å². The molecule has 0 aliphatic rings. The lowest BCUT2D eigenvalue weighted by Gasteiger charge is -2.24. The Morgan fingerprint density at radius 1 is 1.06 bits per heavy atom. The SMILES string of the molecule is CCN=C=NCCC(CCCN(C)C)N(C)C. The zero-order chi connectivity index (χ0) is 13.1. The van der Waals surface area contributed by atoms with Crippen LogP contribution in [0.25, 0.3) is 0 Å². The van der Waals surface area contributed by atoms with E-state index in [4.69, 9.17) is 0 Å². The highest BCUT2D eigenvalue weighted by atomic mass is 15.1. The topological polar surface area (TPSA) is 31.2 Å². The molecule has 0 aromatic heterocycles. The minimum absolute atomic E-state index is 0.613. The molecule has 0 fully saturated rings. The average molecular weight is 240 g/mol. The van der Waals surface area contributed by atoms with Crippen LogP contribution in [0.15, 0.2) is 9.98 Å². The van der Waals surface area contributed by atoms with E-state index in [0.29, 0.717) is 6.04 Å². The quantitative estimate of drug-likeness (QED) is 0.576. The molecular weight excluding hydrogens is 212 g/mol. The Balaban J connectivity index is 3.86. The van der Waals surface area contributed by atoms with E-state index in [1.165, 1.54) is 12.8 Å². The minimum Gasteiger partial charge on any atom is -0.309 e. The minimum atomic E-state index is 0.613. The van der Waals surface area contributed by atoms with Gasteiger partial charge in [-0.15, -0.1) is 0 Å². The van der Waals surface area contributed by atoms with E-state index >= 15 is 0 Å². The lowest BCUT2D eigenvalue weighted by atomic mass is 10.1. The summed E-state index contributed by atoms with van der Waals surface area (Å²) >= 11 is 0. The third-order valence-corrected chi connectivity index (χ3v) is 2.75. The first-order chi connectivity index (χ1) is 8.07. The zero-order valence-electron chi connectivity index (χ0n) is 12.1. The summed E-state index contributed by atoms with van der Waals surface area (Å²) in [5.41, 5.74) is 0. The van der Waals surface area contributed by atoms with E-state index in [9.17, 15) is 0 Å². The molecule has 1 unspecified atom stereocenters. The largest absolute Gasteiger partial charge is 0.309 e. The Kier molecular flexibility index (Phi) is 10.0. The van der Waals surface area contributed by atoms with Crippen molar-refractivity contribution in [2.24, 2.45) is 9.98 Å². The lowest BCUT2D eigenvalue weighted by molar-refractivity contribution is 0.252. The Morgan fingerprint density at radius 3 is 2.29 bits per heavy atom. The molecular formula is C13H28N4. The van der Waals surface area contributed by atoms with Gasteiger partial charge in [0.05, 0.1) is 12.6 Å². The van der Waals surface area contributed by atoms with E-state index in [1.807, 2.05) is 6.92 Å². The van der Waals surface area contributed by atoms with Gasteiger partial charge in [0.2, 0.25) is 0 Å². The van der Waals surface area contributed by atoms with E-state index in [1.54, 1.807) is 0 Å². The molecule has 0 saturated carbocycles. The first kappa shape index (κ1) is 16.3. The van der Waals surface area contributed by atoms with Crippen LogP contribution < -0.4 is 0 Å². The van der Waals surface area contributed by atoms with Crippen molar-refractivity contribution in [3.63, 3.8) is 0 Å². The molecule has 4 nitrogen and oxygen atoms in total. The monoisotopic (exact) mass is 240 g/mol. The number of nitrogens with zero attached hydrogens (tertiary/aromatic N) is 4. The predicted molar refractivity (Wildman–Crippen MR) is 75.2 cm³/mol. The predicted octanol–water partition coefficient (Wildman–Crippen LogP) is 1.84.